The predicted molar refractivity (Wildman–Crippen MR) is 74.1 cm³/mol. The molecule has 0 spiro atoms. The topological polar surface area (TPSA) is 244 Å². The molecule has 17 nitrogen and oxygen atoms in total. The van der Waals surface area contributed by atoms with Crippen LogP contribution in [0, 0.1) is 0 Å². The number of aromatic amines is 2. The van der Waals surface area contributed by atoms with Crippen LogP contribution in [-0.2, 0) is 6.42 Å². The molecule has 0 unspecified atom stereocenters. The Morgan fingerprint density at radius 3 is 2.21 bits per heavy atom. The average Bonchev–Trinajstić information content (AvgIpc) is 3.20. The van der Waals surface area contributed by atoms with Crippen LogP contribution in [0.1, 0.15) is 11.6 Å². The highest BCUT2D eigenvalue weighted by Gasteiger charge is 2.09. The minimum Gasteiger partial charge on any atom is -0.289 e. The first kappa shape index (κ1) is 14.6. The molecule has 0 aliphatic heterocycles. The number of rotatable bonds is 6. The second kappa shape index (κ2) is 6.60. The van der Waals surface area contributed by atoms with Crippen molar-refractivity contribution in [2.75, 3.05) is 5.32 Å². The SMILES string of the molecule is [N-]=[N+]=Nc1nc(Cc2nnc(Nc3n[nH]c(N=[N+]=[N-])n3)nn2)n[nH]1. The fourth-order valence-electron chi connectivity index (χ4n) is 1.46. The molecule has 0 aliphatic rings. The molecular weight excluding hydrogens is 322 g/mol. The number of azide groups is 2. The molecule has 3 aromatic rings. The molecule has 17 heteroatoms. The first-order valence-corrected chi connectivity index (χ1v) is 6.04. The van der Waals surface area contributed by atoms with E-state index < -0.39 is 0 Å². The summed E-state index contributed by atoms with van der Waals surface area (Å²) in [7, 11) is 0. The largest absolute Gasteiger partial charge is 0.289 e. The Kier molecular flexibility index (Phi) is 4.01. The van der Waals surface area contributed by atoms with Gasteiger partial charge in [0, 0.05) is 9.82 Å². The summed E-state index contributed by atoms with van der Waals surface area (Å²) in [5.74, 6) is 0.702. The van der Waals surface area contributed by atoms with Crippen molar-refractivity contribution in [2.24, 2.45) is 10.2 Å². The summed E-state index contributed by atoms with van der Waals surface area (Å²) in [5, 5.41) is 36.8. The summed E-state index contributed by atoms with van der Waals surface area (Å²) in [4.78, 5) is 12.8. The van der Waals surface area contributed by atoms with E-state index in [-0.39, 0.29) is 36.0 Å². The van der Waals surface area contributed by atoms with Crippen LogP contribution < -0.4 is 5.32 Å². The van der Waals surface area contributed by atoms with Gasteiger partial charge in [-0.1, -0.05) is 0 Å². The summed E-state index contributed by atoms with van der Waals surface area (Å²) in [5.41, 5.74) is 16.6. The van der Waals surface area contributed by atoms with Crippen molar-refractivity contribution >= 4 is 23.8 Å². The van der Waals surface area contributed by atoms with Crippen molar-refractivity contribution in [3.63, 3.8) is 0 Å². The molecule has 0 atom stereocenters. The Bertz CT molecular complexity index is 843. The van der Waals surface area contributed by atoms with Crippen molar-refractivity contribution in [3.05, 3.63) is 32.5 Å². The van der Waals surface area contributed by atoms with Gasteiger partial charge in [0.1, 0.15) is 0 Å². The van der Waals surface area contributed by atoms with Crippen LogP contribution in [0.4, 0.5) is 23.8 Å². The van der Waals surface area contributed by atoms with Gasteiger partial charge in [-0.15, -0.1) is 25.5 Å². The predicted octanol–water partition coefficient (Wildman–Crippen LogP) is 0.721. The van der Waals surface area contributed by atoms with Gasteiger partial charge in [0.05, 0.1) is 6.42 Å². The molecule has 0 fully saturated rings. The monoisotopic (exact) mass is 327 g/mol. The Labute approximate surface area is 130 Å². The Balaban J connectivity index is 1.65. The summed E-state index contributed by atoms with van der Waals surface area (Å²) >= 11 is 0. The van der Waals surface area contributed by atoms with Crippen LogP contribution in [-0.4, -0.2) is 50.8 Å². The summed E-state index contributed by atoms with van der Waals surface area (Å²) in [6.45, 7) is 0. The van der Waals surface area contributed by atoms with E-state index in [9.17, 15) is 0 Å². The first-order chi connectivity index (χ1) is 11.8. The van der Waals surface area contributed by atoms with Gasteiger partial charge in [0.25, 0.3) is 5.95 Å². The number of H-pyrrole nitrogens is 2. The van der Waals surface area contributed by atoms with Gasteiger partial charge in [0.15, 0.2) is 11.6 Å². The highest BCUT2D eigenvalue weighted by Crippen LogP contribution is 2.10. The molecule has 0 aliphatic carbocycles. The number of anilines is 2. The van der Waals surface area contributed by atoms with E-state index in [1.54, 1.807) is 0 Å². The van der Waals surface area contributed by atoms with Gasteiger partial charge in [0.2, 0.25) is 17.8 Å². The van der Waals surface area contributed by atoms with Crippen molar-refractivity contribution in [2.45, 2.75) is 6.42 Å². The fourth-order valence-corrected chi connectivity index (χ4v) is 1.46. The number of hydrogen-bond donors (Lipinski definition) is 3. The van der Waals surface area contributed by atoms with E-state index in [1.165, 1.54) is 0 Å². The lowest BCUT2D eigenvalue weighted by atomic mass is 10.4. The molecule has 0 radical (unpaired) electrons. The normalized spacial score (nSPS) is 9.83. The van der Waals surface area contributed by atoms with Crippen molar-refractivity contribution in [1.29, 1.82) is 0 Å². The van der Waals surface area contributed by atoms with Crippen LogP contribution in [0.5, 0.6) is 0 Å². The number of hydrogen-bond acceptors (Lipinski definition) is 11. The van der Waals surface area contributed by atoms with Crippen LogP contribution in [0.3, 0.4) is 0 Å². The Hall–Kier alpha value is -4.36. The summed E-state index contributed by atoms with van der Waals surface area (Å²) < 4.78 is 0. The number of nitrogens with one attached hydrogen (secondary N) is 3. The Morgan fingerprint density at radius 1 is 0.833 bits per heavy atom. The van der Waals surface area contributed by atoms with Crippen molar-refractivity contribution in [3.8, 4) is 0 Å². The van der Waals surface area contributed by atoms with Crippen LogP contribution in [0.2, 0.25) is 0 Å². The highest BCUT2D eigenvalue weighted by molar-refractivity contribution is 5.41. The molecule has 24 heavy (non-hydrogen) atoms. The minimum atomic E-state index is -0.0158. The van der Waals surface area contributed by atoms with E-state index >= 15 is 0 Å². The molecule has 0 bridgehead atoms. The number of aromatic nitrogens is 10. The maximum absolute atomic E-state index is 8.28. The quantitative estimate of drug-likeness (QED) is 0.327. The molecule has 3 heterocycles. The third kappa shape index (κ3) is 3.45. The van der Waals surface area contributed by atoms with Crippen LogP contribution in [0.15, 0.2) is 10.2 Å². The molecule has 0 aromatic carbocycles. The first-order valence-electron chi connectivity index (χ1n) is 6.04. The van der Waals surface area contributed by atoms with Gasteiger partial charge in [-0.25, -0.2) is 4.98 Å². The summed E-state index contributed by atoms with van der Waals surface area (Å²) in [6, 6.07) is 0. The Morgan fingerprint density at radius 2 is 1.50 bits per heavy atom. The molecule has 3 N–H and O–H groups in total. The number of nitrogens with zero attached hydrogens (tertiary/aromatic N) is 14. The standard InChI is InChI=1S/C7H5N17/c8-23-21-5-10-2(13-17-5)1-3-14-18-6(19-15-3)11-4-12-7(20-16-4)22-24-9/h1H2,(H,10,13,17)(H2,11,12,16,18,19,20). The maximum atomic E-state index is 8.28. The van der Waals surface area contributed by atoms with E-state index in [2.05, 4.69) is 76.1 Å². The fraction of sp³-hybridized carbons (Fsp3) is 0.143. The lowest BCUT2D eigenvalue weighted by molar-refractivity contribution is 0.768. The third-order valence-corrected chi connectivity index (χ3v) is 2.33. The zero-order valence-electron chi connectivity index (χ0n) is 11.5. The zero-order valence-corrected chi connectivity index (χ0v) is 11.5. The van der Waals surface area contributed by atoms with Crippen LogP contribution in [0.25, 0.3) is 20.9 Å². The van der Waals surface area contributed by atoms with Crippen LogP contribution >= 0.6 is 0 Å². The molecule has 0 saturated heterocycles. The molecule has 3 aromatic heterocycles. The van der Waals surface area contributed by atoms with E-state index in [0.717, 1.165) is 0 Å². The molecular formula is C7H5N17. The van der Waals surface area contributed by atoms with Crippen molar-refractivity contribution < 1.29 is 0 Å². The third-order valence-electron chi connectivity index (χ3n) is 2.33. The van der Waals surface area contributed by atoms with Gasteiger partial charge in [-0.3, -0.25) is 15.5 Å². The van der Waals surface area contributed by atoms with E-state index in [4.69, 9.17) is 11.1 Å². The minimum absolute atomic E-state index is 0.0158. The van der Waals surface area contributed by atoms with E-state index in [0.29, 0.717) is 5.82 Å². The smallest absolute Gasteiger partial charge is 0.268 e. The zero-order chi connectivity index (χ0) is 16.8. The maximum Gasteiger partial charge on any atom is 0.268 e. The lowest BCUT2D eigenvalue weighted by Gasteiger charge is -1.98. The van der Waals surface area contributed by atoms with Gasteiger partial charge in [-0.05, 0) is 21.3 Å². The molecule has 118 valence electrons. The highest BCUT2D eigenvalue weighted by atomic mass is 15.4. The second-order valence-corrected chi connectivity index (χ2v) is 3.88. The molecule has 0 amide bonds. The van der Waals surface area contributed by atoms with Crippen molar-refractivity contribution in [1.82, 2.24) is 50.8 Å². The van der Waals surface area contributed by atoms with E-state index in [1.807, 2.05) is 0 Å². The summed E-state index contributed by atoms with van der Waals surface area (Å²) in [6.07, 6.45) is 0.138. The lowest BCUT2D eigenvalue weighted by Crippen LogP contribution is -2.07. The van der Waals surface area contributed by atoms with Gasteiger partial charge < -0.3 is 0 Å². The average molecular weight is 327 g/mol. The molecule has 0 saturated carbocycles. The molecule has 3 rings (SSSR count). The second-order valence-electron chi connectivity index (χ2n) is 3.88. The van der Waals surface area contributed by atoms with Gasteiger partial charge >= 0.3 is 0 Å². The van der Waals surface area contributed by atoms with Gasteiger partial charge in [-0.2, -0.15) is 10.1 Å².